The van der Waals surface area contributed by atoms with Gasteiger partial charge in [-0.1, -0.05) is 0 Å². The van der Waals surface area contributed by atoms with Gasteiger partial charge in [-0.15, -0.1) is 0 Å². The first-order valence-electron chi connectivity index (χ1n) is 7.11. The summed E-state index contributed by atoms with van der Waals surface area (Å²) >= 11 is 1.59. The first-order valence-corrected chi connectivity index (χ1v) is 8.26. The Balaban J connectivity index is 1.73. The van der Waals surface area contributed by atoms with Gasteiger partial charge in [0.05, 0.1) is 19.1 Å². The molecule has 1 atom stereocenters. The molecule has 6 nitrogen and oxygen atoms in total. The number of hydrogen-bond donors (Lipinski definition) is 2. The van der Waals surface area contributed by atoms with Crippen molar-refractivity contribution >= 4 is 23.6 Å². The SMILES string of the molecule is O=C(O)C1CSCCN1C(=O)CCOC1CCNCC1. The Labute approximate surface area is 123 Å². The van der Waals surface area contributed by atoms with Crippen LogP contribution < -0.4 is 5.32 Å². The summed E-state index contributed by atoms with van der Waals surface area (Å²) in [5, 5.41) is 12.4. The van der Waals surface area contributed by atoms with Crippen molar-refractivity contribution < 1.29 is 19.4 Å². The molecule has 114 valence electrons. The zero-order chi connectivity index (χ0) is 14.4. The summed E-state index contributed by atoms with van der Waals surface area (Å²) in [6.45, 7) is 2.83. The second kappa shape index (κ2) is 7.85. The normalized spacial score (nSPS) is 24.6. The number of carboxylic acid groups (broad SMARTS) is 1. The van der Waals surface area contributed by atoms with E-state index in [1.54, 1.807) is 11.8 Å². The van der Waals surface area contributed by atoms with Crippen LogP contribution in [-0.2, 0) is 14.3 Å². The molecule has 0 bridgehead atoms. The van der Waals surface area contributed by atoms with Gasteiger partial charge >= 0.3 is 5.97 Å². The Kier molecular flexibility index (Phi) is 6.12. The van der Waals surface area contributed by atoms with Crippen LogP contribution in [0.2, 0.25) is 0 Å². The summed E-state index contributed by atoms with van der Waals surface area (Å²) in [6, 6.07) is -0.680. The van der Waals surface area contributed by atoms with Crippen molar-refractivity contribution in [2.75, 3.05) is 37.7 Å². The molecule has 7 heteroatoms. The van der Waals surface area contributed by atoms with Crippen molar-refractivity contribution in [3.8, 4) is 0 Å². The third-order valence-corrected chi connectivity index (χ3v) is 4.71. The average molecular weight is 302 g/mol. The lowest BCUT2D eigenvalue weighted by Gasteiger charge is -2.32. The van der Waals surface area contributed by atoms with Crippen molar-refractivity contribution in [3.63, 3.8) is 0 Å². The number of ether oxygens (including phenoxy) is 1. The minimum atomic E-state index is -0.912. The van der Waals surface area contributed by atoms with Crippen LogP contribution in [0.1, 0.15) is 19.3 Å². The van der Waals surface area contributed by atoms with Crippen molar-refractivity contribution in [1.82, 2.24) is 10.2 Å². The van der Waals surface area contributed by atoms with Crippen molar-refractivity contribution in [3.05, 3.63) is 0 Å². The van der Waals surface area contributed by atoms with E-state index in [1.807, 2.05) is 0 Å². The van der Waals surface area contributed by atoms with Gasteiger partial charge in [0.2, 0.25) is 5.91 Å². The molecule has 0 saturated carbocycles. The lowest BCUT2D eigenvalue weighted by Crippen LogP contribution is -2.50. The van der Waals surface area contributed by atoms with Crippen LogP contribution in [0, 0.1) is 0 Å². The Morgan fingerprint density at radius 2 is 2.10 bits per heavy atom. The van der Waals surface area contributed by atoms with E-state index in [0.29, 0.717) is 18.9 Å². The molecule has 2 N–H and O–H groups in total. The quantitative estimate of drug-likeness (QED) is 0.754. The Morgan fingerprint density at radius 1 is 1.35 bits per heavy atom. The monoisotopic (exact) mass is 302 g/mol. The molecular weight excluding hydrogens is 280 g/mol. The van der Waals surface area contributed by atoms with Crippen molar-refractivity contribution in [2.24, 2.45) is 0 Å². The number of carbonyl (C=O) groups excluding carboxylic acids is 1. The van der Waals surface area contributed by atoms with Gasteiger partial charge in [0.25, 0.3) is 0 Å². The Hall–Kier alpha value is -0.790. The zero-order valence-electron chi connectivity index (χ0n) is 11.5. The average Bonchev–Trinajstić information content (AvgIpc) is 2.48. The molecule has 0 radical (unpaired) electrons. The van der Waals surface area contributed by atoms with E-state index in [9.17, 15) is 9.59 Å². The molecule has 2 rings (SSSR count). The third-order valence-electron chi connectivity index (χ3n) is 3.69. The smallest absolute Gasteiger partial charge is 0.327 e. The largest absolute Gasteiger partial charge is 0.480 e. The number of thioether (sulfide) groups is 1. The van der Waals surface area contributed by atoms with E-state index in [1.165, 1.54) is 4.90 Å². The summed E-state index contributed by atoms with van der Waals surface area (Å²) in [4.78, 5) is 24.8. The highest BCUT2D eigenvalue weighted by molar-refractivity contribution is 7.99. The molecule has 1 unspecified atom stereocenters. The van der Waals surface area contributed by atoms with E-state index in [2.05, 4.69) is 5.32 Å². The number of nitrogens with zero attached hydrogens (tertiary/aromatic N) is 1. The standard InChI is InChI=1S/C13H22N2O4S/c16-12(3-7-19-10-1-4-14-5-2-10)15-6-8-20-9-11(15)13(17)18/h10-11,14H,1-9H2,(H,17,18). The minimum absolute atomic E-state index is 0.105. The van der Waals surface area contributed by atoms with E-state index in [0.717, 1.165) is 31.7 Å². The van der Waals surface area contributed by atoms with E-state index in [4.69, 9.17) is 9.84 Å². The summed E-state index contributed by atoms with van der Waals surface area (Å²) in [7, 11) is 0. The van der Waals surface area contributed by atoms with E-state index >= 15 is 0 Å². The van der Waals surface area contributed by atoms with Crippen LogP contribution in [0.4, 0.5) is 0 Å². The fourth-order valence-corrected chi connectivity index (χ4v) is 3.56. The topological polar surface area (TPSA) is 78.9 Å². The van der Waals surface area contributed by atoms with Crippen LogP contribution in [0.15, 0.2) is 0 Å². The predicted octanol–water partition coefficient (Wildman–Crippen LogP) is 0.174. The van der Waals surface area contributed by atoms with Gasteiger partial charge in [-0.25, -0.2) is 4.79 Å². The highest BCUT2D eigenvalue weighted by Crippen LogP contribution is 2.18. The molecule has 2 aliphatic heterocycles. The van der Waals surface area contributed by atoms with Gasteiger partial charge in [0.15, 0.2) is 0 Å². The zero-order valence-corrected chi connectivity index (χ0v) is 12.4. The van der Waals surface area contributed by atoms with Gasteiger partial charge in [0, 0.05) is 18.1 Å². The van der Waals surface area contributed by atoms with E-state index in [-0.39, 0.29) is 18.4 Å². The molecule has 2 fully saturated rings. The van der Waals surface area contributed by atoms with E-state index < -0.39 is 12.0 Å². The van der Waals surface area contributed by atoms with Crippen molar-refractivity contribution in [2.45, 2.75) is 31.4 Å². The van der Waals surface area contributed by atoms with Crippen molar-refractivity contribution in [1.29, 1.82) is 0 Å². The Bertz CT molecular complexity index is 347. The first-order chi connectivity index (χ1) is 9.68. The molecule has 0 aromatic carbocycles. The van der Waals surface area contributed by atoms with Crippen LogP contribution >= 0.6 is 11.8 Å². The second-order valence-corrected chi connectivity index (χ2v) is 6.24. The molecular formula is C13H22N2O4S. The minimum Gasteiger partial charge on any atom is -0.480 e. The Morgan fingerprint density at radius 3 is 2.80 bits per heavy atom. The first kappa shape index (κ1) is 15.6. The predicted molar refractivity (Wildman–Crippen MR) is 76.9 cm³/mol. The maximum absolute atomic E-state index is 12.1. The fourth-order valence-electron chi connectivity index (χ4n) is 2.53. The van der Waals surface area contributed by atoms with Gasteiger partial charge in [0.1, 0.15) is 6.04 Å². The summed E-state index contributed by atoms with van der Waals surface area (Å²) < 4.78 is 5.70. The number of rotatable bonds is 5. The number of carbonyl (C=O) groups is 2. The van der Waals surface area contributed by atoms with Gasteiger partial charge < -0.3 is 20.1 Å². The van der Waals surface area contributed by atoms with Crippen LogP contribution in [0.3, 0.4) is 0 Å². The van der Waals surface area contributed by atoms with Gasteiger partial charge in [-0.3, -0.25) is 4.79 Å². The van der Waals surface area contributed by atoms with Gasteiger partial charge in [-0.05, 0) is 25.9 Å². The molecule has 2 saturated heterocycles. The summed E-state index contributed by atoms with van der Waals surface area (Å²) in [6.07, 6.45) is 2.47. The highest BCUT2D eigenvalue weighted by atomic mass is 32.2. The molecule has 0 aliphatic carbocycles. The van der Waals surface area contributed by atoms with Gasteiger partial charge in [-0.2, -0.15) is 11.8 Å². The highest BCUT2D eigenvalue weighted by Gasteiger charge is 2.32. The van der Waals surface area contributed by atoms with Crippen LogP contribution in [-0.4, -0.2) is 71.8 Å². The molecule has 0 spiro atoms. The number of carboxylic acids is 1. The number of piperidine rings is 1. The molecule has 20 heavy (non-hydrogen) atoms. The maximum atomic E-state index is 12.1. The second-order valence-electron chi connectivity index (χ2n) is 5.09. The lowest BCUT2D eigenvalue weighted by atomic mass is 10.1. The van der Waals surface area contributed by atoms with Crippen LogP contribution in [0.5, 0.6) is 0 Å². The summed E-state index contributed by atoms with van der Waals surface area (Å²) in [5.74, 6) is 0.275. The number of amides is 1. The molecule has 1 amide bonds. The maximum Gasteiger partial charge on any atom is 0.327 e. The molecule has 2 aliphatic rings. The third kappa shape index (κ3) is 4.36. The molecule has 2 heterocycles. The van der Waals surface area contributed by atoms with Crippen LogP contribution in [0.25, 0.3) is 0 Å². The summed E-state index contributed by atoms with van der Waals surface area (Å²) in [5.41, 5.74) is 0. The fraction of sp³-hybridized carbons (Fsp3) is 0.846. The molecule has 0 aromatic heterocycles. The number of nitrogens with one attached hydrogen (secondary N) is 1. The lowest BCUT2D eigenvalue weighted by molar-refractivity contribution is -0.149. The number of hydrogen-bond acceptors (Lipinski definition) is 5. The number of aliphatic carboxylic acids is 1. The molecule has 0 aromatic rings.